The van der Waals surface area contributed by atoms with Gasteiger partial charge in [0.2, 0.25) is 5.91 Å². The maximum absolute atomic E-state index is 12.0. The quantitative estimate of drug-likeness (QED) is 0.839. The second kappa shape index (κ2) is 6.05. The van der Waals surface area contributed by atoms with Crippen LogP contribution in [0.5, 0.6) is 0 Å². The van der Waals surface area contributed by atoms with Crippen LogP contribution in [0.2, 0.25) is 0 Å². The fraction of sp³-hybridized carbons (Fsp3) is 0.778. The molecular formula is C18H27N3O. The lowest BCUT2D eigenvalue weighted by molar-refractivity contribution is -0.122. The molecule has 120 valence electrons. The van der Waals surface area contributed by atoms with Gasteiger partial charge in [0, 0.05) is 30.5 Å². The Hall–Kier alpha value is -1.32. The van der Waals surface area contributed by atoms with Gasteiger partial charge < -0.3 is 5.32 Å². The highest BCUT2D eigenvalue weighted by molar-refractivity contribution is 5.76. The summed E-state index contributed by atoms with van der Waals surface area (Å²) >= 11 is 0. The van der Waals surface area contributed by atoms with E-state index < -0.39 is 0 Å². The van der Waals surface area contributed by atoms with Crippen molar-refractivity contribution in [2.75, 3.05) is 6.54 Å². The minimum Gasteiger partial charge on any atom is -0.354 e. The van der Waals surface area contributed by atoms with E-state index in [0.29, 0.717) is 5.92 Å². The van der Waals surface area contributed by atoms with Gasteiger partial charge in [-0.25, -0.2) is 0 Å². The van der Waals surface area contributed by atoms with Crippen molar-refractivity contribution in [3.05, 3.63) is 17.5 Å². The average molecular weight is 301 g/mol. The predicted octanol–water partition coefficient (Wildman–Crippen LogP) is 3.33. The molecule has 3 aliphatic carbocycles. The number of amides is 1. The Labute approximate surface area is 132 Å². The molecule has 0 atom stereocenters. The first kappa shape index (κ1) is 14.3. The Kier molecular flexibility index (Phi) is 3.93. The van der Waals surface area contributed by atoms with E-state index in [-0.39, 0.29) is 5.91 Å². The molecule has 0 bridgehead atoms. The number of hydrogen-bond acceptors (Lipinski definition) is 2. The molecule has 1 aromatic heterocycles. The van der Waals surface area contributed by atoms with Crippen molar-refractivity contribution >= 4 is 5.91 Å². The number of carbonyl (C=O) groups excluding carboxylic acids is 1. The van der Waals surface area contributed by atoms with Crippen molar-refractivity contribution in [1.29, 1.82) is 0 Å². The third-order valence-corrected chi connectivity index (χ3v) is 5.42. The Balaban J connectivity index is 1.28. The Morgan fingerprint density at radius 2 is 1.86 bits per heavy atom. The van der Waals surface area contributed by atoms with Gasteiger partial charge in [-0.05, 0) is 50.5 Å². The van der Waals surface area contributed by atoms with E-state index in [1.54, 1.807) is 0 Å². The molecule has 0 aromatic carbocycles. The van der Waals surface area contributed by atoms with Crippen LogP contribution < -0.4 is 5.32 Å². The summed E-state index contributed by atoms with van der Waals surface area (Å²) in [6.45, 7) is 1.55. The minimum atomic E-state index is 0.231. The van der Waals surface area contributed by atoms with Crippen molar-refractivity contribution in [2.24, 2.45) is 5.92 Å². The van der Waals surface area contributed by atoms with Gasteiger partial charge in [-0.1, -0.05) is 12.8 Å². The zero-order valence-electron chi connectivity index (χ0n) is 13.4. The first-order chi connectivity index (χ1) is 10.8. The van der Waals surface area contributed by atoms with Crippen LogP contribution in [0.15, 0.2) is 6.07 Å². The van der Waals surface area contributed by atoms with Crippen LogP contribution >= 0.6 is 0 Å². The van der Waals surface area contributed by atoms with Crippen LogP contribution in [0.4, 0.5) is 0 Å². The molecule has 0 unspecified atom stereocenters. The van der Waals surface area contributed by atoms with E-state index in [4.69, 9.17) is 5.10 Å². The normalized spacial score (nSPS) is 22.2. The van der Waals surface area contributed by atoms with Gasteiger partial charge in [-0.15, -0.1) is 0 Å². The van der Waals surface area contributed by atoms with Crippen molar-refractivity contribution < 1.29 is 4.79 Å². The molecule has 0 aliphatic heterocycles. The third kappa shape index (κ3) is 3.36. The summed E-state index contributed by atoms with van der Waals surface area (Å²) < 4.78 is 2.17. The minimum absolute atomic E-state index is 0.231. The summed E-state index contributed by atoms with van der Waals surface area (Å²) in [5.74, 6) is 2.31. The first-order valence-electron chi connectivity index (χ1n) is 9.14. The number of carbonyl (C=O) groups is 1. The molecule has 22 heavy (non-hydrogen) atoms. The first-order valence-corrected chi connectivity index (χ1v) is 9.14. The second-order valence-electron chi connectivity index (χ2n) is 7.47. The molecule has 4 nitrogen and oxygen atoms in total. The Bertz CT molecular complexity index is 537. The molecule has 4 heteroatoms. The number of rotatable bonds is 7. The summed E-state index contributed by atoms with van der Waals surface area (Å²) in [6.07, 6.45) is 11.0. The van der Waals surface area contributed by atoms with E-state index >= 15 is 0 Å². The molecule has 1 N–H and O–H groups in total. The van der Waals surface area contributed by atoms with Gasteiger partial charge in [-0.2, -0.15) is 5.10 Å². The van der Waals surface area contributed by atoms with Gasteiger partial charge in [0.1, 0.15) is 0 Å². The van der Waals surface area contributed by atoms with Gasteiger partial charge in [0.05, 0.1) is 12.2 Å². The van der Waals surface area contributed by atoms with E-state index in [0.717, 1.165) is 31.3 Å². The molecule has 0 saturated heterocycles. The molecule has 3 fully saturated rings. The maximum atomic E-state index is 12.0. The second-order valence-corrected chi connectivity index (χ2v) is 7.47. The standard InChI is InChI=1S/C18H27N3O/c22-18(11-13-3-1-2-4-13)19-9-10-21-17(15-7-8-15)12-16(20-21)14-5-6-14/h12-15H,1-11H2,(H,19,22). The lowest BCUT2D eigenvalue weighted by Gasteiger charge is -2.11. The van der Waals surface area contributed by atoms with Crippen molar-refractivity contribution in [1.82, 2.24) is 15.1 Å². The fourth-order valence-corrected chi connectivity index (χ4v) is 3.77. The highest BCUT2D eigenvalue weighted by Gasteiger charge is 2.32. The summed E-state index contributed by atoms with van der Waals surface area (Å²) in [7, 11) is 0. The smallest absolute Gasteiger partial charge is 0.220 e. The number of nitrogens with one attached hydrogen (secondary N) is 1. The average Bonchev–Trinajstić information content (AvgIpc) is 3.44. The van der Waals surface area contributed by atoms with Gasteiger partial charge in [0.25, 0.3) is 0 Å². The Morgan fingerprint density at radius 3 is 2.55 bits per heavy atom. The molecule has 4 rings (SSSR count). The van der Waals surface area contributed by atoms with E-state index in [9.17, 15) is 4.79 Å². The van der Waals surface area contributed by atoms with Crippen LogP contribution in [0.1, 0.15) is 81.0 Å². The van der Waals surface area contributed by atoms with E-state index in [2.05, 4.69) is 16.1 Å². The molecule has 0 spiro atoms. The van der Waals surface area contributed by atoms with Gasteiger partial charge >= 0.3 is 0 Å². The summed E-state index contributed by atoms with van der Waals surface area (Å²) in [5.41, 5.74) is 2.70. The number of hydrogen-bond donors (Lipinski definition) is 1. The van der Waals surface area contributed by atoms with Crippen molar-refractivity contribution in [2.45, 2.75) is 76.2 Å². The van der Waals surface area contributed by atoms with Crippen LogP contribution in [0.3, 0.4) is 0 Å². The molecule has 3 saturated carbocycles. The molecule has 1 heterocycles. The molecule has 0 radical (unpaired) electrons. The van der Waals surface area contributed by atoms with Crippen molar-refractivity contribution in [3.8, 4) is 0 Å². The highest BCUT2D eigenvalue weighted by atomic mass is 16.1. The van der Waals surface area contributed by atoms with E-state index in [1.165, 1.54) is 62.8 Å². The van der Waals surface area contributed by atoms with Gasteiger partial charge in [0.15, 0.2) is 0 Å². The molecular weight excluding hydrogens is 274 g/mol. The zero-order chi connectivity index (χ0) is 14.9. The summed E-state index contributed by atoms with van der Waals surface area (Å²) in [6, 6.07) is 2.33. The van der Waals surface area contributed by atoms with E-state index in [1.807, 2.05) is 0 Å². The lowest BCUT2D eigenvalue weighted by atomic mass is 10.0. The zero-order valence-corrected chi connectivity index (χ0v) is 13.4. The van der Waals surface area contributed by atoms with Gasteiger partial charge in [-0.3, -0.25) is 9.48 Å². The van der Waals surface area contributed by atoms with Crippen LogP contribution in [-0.4, -0.2) is 22.2 Å². The fourth-order valence-electron chi connectivity index (χ4n) is 3.77. The lowest BCUT2D eigenvalue weighted by Crippen LogP contribution is -2.29. The largest absolute Gasteiger partial charge is 0.354 e. The SMILES string of the molecule is O=C(CC1CCCC1)NCCn1nc(C2CC2)cc1C1CC1. The number of aromatic nitrogens is 2. The van der Waals surface area contributed by atoms with Crippen LogP contribution in [-0.2, 0) is 11.3 Å². The highest BCUT2D eigenvalue weighted by Crippen LogP contribution is 2.44. The topological polar surface area (TPSA) is 46.9 Å². The monoisotopic (exact) mass is 301 g/mol. The van der Waals surface area contributed by atoms with Crippen LogP contribution in [0, 0.1) is 5.92 Å². The molecule has 3 aliphatic rings. The van der Waals surface area contributed by atoms with Crippen LogP contribution in [0.25, 0.3) is 0 Å². The Morgan fingerprint density at radius 1 is 1.14 bits per heavy atom. The summed E-state index contributed by atoms with van der Waals surface area (Å²) in [5, 5.41) is 7.90. The number of nitrogens with zero attached hydrogens (tertiary/aromatic N) is 2. The predicted molar refractivity (Wildman–Crippen MR) is 85.8 cm³/mol. The third-order valence-electron chi connectivity index (χ3n) is 5.42. The molecule has 1 aromatic rings. The maximum Gasteiger partial charge on any atom is 0.220 e. The summed E-state index contributed by atoms with van der Waals surface area (Å²) in [4.78, 5) is 12.0. The van der Waals surface area contributed by atoms with Crippen molar-refractivity contribution in [3.63, 3.8) is 0 Å². The molecule has 1 amide bonds.